The van der Waals surface area contributed by atoms with E-state index in [0.29, 0.717) is 0 Å². The molecule has 2 aromatic carbocycles. The highest BCUT2D eigenvalue weighted by atomic mass is 19.4. The van der Waals surface area contributed by atoms with Gasteiger partial charge in [-0.25, -0.2) is 0 Å². The Hall–Kier alpha value is -2.83. The van der Waals surface area contributed by atoms with Crippen molar-refractivity contribution < 1.29 is 22.8 Å². The van der Waals surface area contributed by atoms with Crippen molar-refractivity contribution in [2.75, 3.05) is 0 Å². The summed E-state index contributed by atoms with van der Waals surface area (Å²) in [6.07, 6.45) is -4.40. The van der Waals surface area contributed by atoms with E-state index in [0.717, 1.165) is 29.3 Å². The molecule has 0 aromatic heterocycles. The number of carbonyl (C=O) groups is 2. The Bertz CT molecular complexity index is 788. The van der Waals surface area contributed by atoms with Crippen LogP contribution in [0.1, 0.15) is 27.0 Å². The van der Waals surface area contributed by atoms with Crippen molar-refractivity contribution in [3.8, 4) is 0 Å². The maximum absolute atomic E-state index is 12.7. The number of carbonyl (C=O) groups excluding carboxylic acids is 2. The zero-order valence-electron chi connectivity index (χ0n) is 13.4. The fourth-order valence-electron chi connectivity index (χ4n) is 2.36. The number of benzene rings is 2. The highest BCUT2D eigenvalue weighted by molar-refractivity contribution is 5.97. The molecule has 7 heteroatoms. The molecule has 0 heterocycles. The van der Waals surface area contributed by atoms with E-state index in [-0.39, 0.29) is 12.0 Å². The first kappa shape index (κ1) is 18.5. The van der Waals surface area contributed by atoms with Crippen molar-refractivity contribution in [3.05, 3.63) is 70.8 Å². The third-order valence-electron chi connectivity index (χ3n) is 3.79. The number of nitrogens with one attached hydrogen (secondary N) is 1. The van der Waals surface area contributed by atoms with Crippen LogP contribution in [0, 0.1) is 6.92 Å². The summed E-state index contributed by atoms with van der Waals surface area (Å²) in [7, 11) is 0. The number of primary amides is 1. The molecule has 0 bridgehead atoms. The second-order valence-corrected chi connectivity index (χ2v) is 5.64. The first-order valence-corrected chi connectivity index (χ1v) is 7.50. The van der Waals surface area contributed by atoms with Gasteiger partial charge in [0.1, 0.15) is 6.04 Å². The summed E-state index contributed by atoms with van der Waals surface area (Å²) in [6.45, 7) is 1.85. The molecule has 0 aliphatic heterocycles. The largest absolute Gasteiger partial charge is 0.416 e. The van der Waals surface area contributed by atoms with Gasteiger partial charge in [0, 0.05) is 12.0 Å². The summed E-state index contributed by atoms with van der Waals surface area (Å²) in [5.41, 5.74) is 5.94. The molecular formula is C18H17F3N2O2. The van der Waals surface area contributed by atoms with Crippen LogP contribution in [-0.2, 0) is 17.4 Å². The Morgan fingerprint density at radius 2 is 1.80 bits per heavy atom. The number of halogens is 3. The summed E-state index contributed by atoms with van der Waals surface area (Å²) in [5.74, 6) is -1.55. The first-order chi connectivity index (χ1) is 11.7. The molecule has 1 atom stereocenters. The molecule has 0 unspecified atom stereocenters. The molecule has 2 aromatic rings. The van der Waals surface area contributed by atoms with E-state index >= 15 is 0 Å². The Labute approximate surface area is 142 Å². The minimum absolute atomic E-state index is 0.159. The number of hydrogen-bond acceptors (Lipinski definition) is 2. The highest BCUT2D eigenvalue weighted by Gasteiger charge is 2.31. The first-order valence-electron chi connectivity index (χ1n) is 7.50. The number of alkyl halides is 3. The molecule has 0 saturated heterocycles. The Morgan fingerprint density at radius 3 is 2.40 bits per heavy atom. The molecule has 0 spiro atoms. The third kappa shape index (κ3) is 4.82. The van der Waals surface area contributed by atoms with Gasteiger partial charge in [-0.2, -0.15) is 13.2 Å². The average molecular weight is 350 g/mol. The number of amides is 2. The van der Waals surface area contributed by atoms with E-state index in [1.54, 1.807) is 12.1 Å². The summed E-state index contributed by atoms with van der Waals surface area (Å²) >= 11 is 0. The van der Waals surface area contributed by atoms with Crippen molar-refractivity contribution in [2.24, 2.45) is 5.73 Å². The van der Waals surface area contributed by atoms with Gasteiger partial charge in [0.15, 0.2) is 0 Å². The van der Waals surface area contributed by atoms with Gasteiger partial charge in [-0.1, -0.05) is 30.3 Å². The van der Waals surface area contributed by atoms with Crippen molar-refractivity contribution in [2.45, 2.75) is 25.6 Å². The van der Waals surface area contributed by atoms with Crippen LogP contribution in [0.3, 0.4) is 0 Å². The van der Waals surface area contributed by atoms with E-state index in [9.17, 15) is 22.8 Å². The predicted octanol–water partition coefficient (Wildman–Crippen LogP) is 2.84. The lowest BCUT2D eigenvalue weighted by Crippen LogP contribution is -2.46. The Morgan fingerprint density at radius 1 is 1.12 bits per heavy atom. The van der Waals surface area contributed by atoms with Gasteiger partial charge in [0.05, 0.1) is 5.56 Å². The van der Waals surface area contributed by atoms with Gasteiger partial charge >= 0.3 is 6.18 Å². The van der Waals surface area contributed by atoms with E-state index < -0.39 is 29.6 Å². The number of rotatable bonds is 5. The van der Waals surface area contributed by atoms with Crippen LogP contribution in [0.5, 0.6) is 0 Å². The normalized spacial score (nSPS) is 12.5. The molecule has 2 rings (SSSR count). The monoisotopic (exact) mass is 350 g/mol. The number of hydrogen-bond donors (Lipinski definition) is 2. The molecule has 132 valence electrons. The molecule has 0 aliphatic rings. The molecule has 4 nitrogen and oxygen atoms in total. The van der Waals surface area contributed by atoms with E-state index in [1.807, 2.05) is 19.1 Å². The standard InChI is InChI=1S/C18H17F3N2O2/c1-11-5-2-3-6-12(11)10-15(16(22)24)23-17(25)13-7-4-8-14(9-13)18(19,20)21/h2-9,15H,10H2,1H3,(H2,22,24)(H,23,25)/t15-/m1/s1. The van der Waals surface area contributed by atoms with Gasteiger partial charge in [-0.15, -0.1) is 0 Å². The van der Waals surface area contributed by atoms with Crippen LogP contribution < -0.4 is 11.1 Å². The van der Waals surface area contributed by atoms with Crippen LogP contribution >= 0.6 is 0 Å². The fraction of sp³-hybridized carbons (Fsp3) is 0.222. The predicted molar refractivity (Wildman–Crippen MR) is 86.8 cm³/mol. The fourth-order valence-corrected chi connectivity index (χ4v) is 2.36. The minimum atomic E-state index is -4.56. The lowest BCUT2D eigenvalue weighted by Gasteiger charge is -2.17. The second kappa shape index (κ2) is 7.38. The van der Waals surface area contributed by atoms with E-state index in [4.69, 9.17) is 5.73 Å². The summed E-state index contributed by atoms with van der Waals surface area (Å²) in [5, 5.41) is 2.41. The second-order valence-electron chi connectivity index (χ2n) is 5.64. The Balaban J connectivity index is 2.18. The Kier molecular flexibility index (Phi) is 5.46. The molecule has 0 aliphatic carbocycles. The average Bonchev–Trinajstić information content (AvgIpc) is 2.55. The van der Waals surface area contributed by atoms with Crippen LogP contribution in [-0.4, -0.2) is 17.9 Å². The quantitative estimate of drug-likeness (QED) is 0.870. The number of aryl methyl sites for hydroxylation is 1. The van der Waals surface area contributed by atoms with Crippen molar-refractivity contribution in [1.82, 2.24) is 5.32 Å². The summed E-state index contributed by atoms with van der Waals surface area (Å²) in [4.78, 5) is 23.9. The van der Waals surface area contributed by atoms with E-state index in [2.05, 4.69) is 5.32 Å². The molecule has 25 heavy (non-hydrogen) atoms. The van der Waals surface area contributed by atoms with Crippen LogP contribution in [0.2, 0.25) is 0 Å². The maximum atomic E-state index is 12.7. The lowest BCUT2D eigenvalue weighted by atomic mass is 10.0. The molecule has 0 saturated carbocycles. The van der Waals surface area contributed by atoms with Crippen molar-refractivity contribution in [3.63, 3.8) is 0 Å². The van der Waals surface area contributed by atoms with Gasteiger partial charge in [-0.3, -0.25) is 9.59 Å². The topological polar surface area (TPSA) is 72.2 Å². The van der Waals surface area contributed by atoms with Crippen LogP contribution in [0.15, 0.2) is 48.5 Å². The minimum Gasteiger partial charge on any atom is -0.368 e. The van der Waals surface area contributed by atoms with Crippen LogP contribution in [0.4, 0.5) is 13.2 Å². The zero-order valence-corrected chi connectivity index (χ0v) is 13.4. The molecule has 0 fully saturated rings. The SMILES string of the molecule is Cc1ccccc1C[C@@H](NC(=O)c1cccc(C(F)(F)F)c1)C(N)=O. The van der Waals surface area contributed by atoms with Gasteiger partial charge in [-0.05, 0) is 36.2 Å². The number of nitrogens with two attached hydrogens (primary N) is 1. The third-order valence-corrected chi connectivity index (χ3v) is 3.79. The molecule has 3 N–H and O–H groups in total. The maximum Gasteiger partial charge on any atom is 0.416 e. The van der Waals surface area contributed by atoms with Crippen molar-refractivity contribution in [1.29, 1.82) is 0 Å². The van der Waals surface area contributed by atoms with Crippen LogP contribution in [0.25, 0.3) is 0 Å². The highest BCUT2D eigenvalue weighted by Crippen LogP contribution is 2.29. The summed E-state index contributed by atoms with van der Waals surface area (Å²) < 4.78 is 38.2. The smallest absolute Gasteiger partial charge is 0.368 e. The van der Waals surface area contributed by atoms with Gasteiger partial charge in [0.25, 0.3) is 5.91 Å². The molecular weight excluding hydrogens is 333 g/mol. The molecule has 0 radical (unpaired) electrons. The summed E-state index contributed by atoms with van der Waals surface area (Å²) in [6, 6.07) is 10.2. The molecule has 2 amide bonds. The zero-order chi connectivity index (χ0) is 18.6. The van der Waals surface area contributed by atoms with Gasteiger partial charge in [0.2, 0.25) is 5.91 Å². The van der Waals surface area contributed by atoms with Gasteiger partial charge < -0.3 is 11.1 Å². The van der Waals surface area contributed by atoms with Crippen molar-refractivity contribution >= 4 is 11.8 Å². The van der Waals surface area contributed by atoms with E-state index in [1.165, 1.54) is 6.07 Å². The lowest BCUT2D eigenvalue weighted by molar-refractivity contribution is -0.137.